The normalized spacial score (nSPS) is 12.2. The molecule has 0 aliphatic heterocycles. The Bertz CT molecular complexity index is 763. The van der Waals surface area contributed by atoms with Crippen LogP contribution in [-0.2, 0) is 0 Å². The summed E-state index contributed by atoms with van der Waals surface area (Å²) in [5.41, 5.74) is 7.48. The summed E-state index contributed by atoms with van der Waals surface area (Å²) >= 11 is 0. The van der Waals surface area contributed by atoms with Crippen LogP contribution in [0.4, 0.5) is 0 Å². The minimum absolute atomic E-state index is 0.0438. The molecule has 3 nitrogen and oxygen atoms in total. The molecule has 0 aliphatic rings. The molecule has 0 bridgehead atoms. The summed E-state index contributed by atoms with van der Waals surface area (Å²) < 4.78 is 0. The second-order valence-electron chi connectivity index (χ2n) is 4.97. The minimum Gasteiger partial charge on any atom is -0.329 e. The first-order valence-corrected chi connectivity index (χ1v) is 6.93. The molecule has 21 heavy (non-hydrogen) atoms. The third-order valence-electron chi connectivity index (χ3n) is 3.70. The molecule has 104 valence electrons. The van der Waals surface area contributed by atoms with Crippen molar-refractivity contribution in [1.29, 1.82) is 0 Å². The molecule has 0 aliphatic carbocycles. The number of hydrogen-bond donors (Lipinski definition) is 1. The van der Waals surface area contributed by atoms with E-state index < -0.39 is 0 Å². The van der Waals surface area contributed by atoms with Crippen molar-refractivity contribution in [2.75, 3.05) is 6.54 Å². The highest BCUT2D eigenvalue weighted by atomic mass is 16.1. The molecule has 0 saturated heterocycles. The van der Waals surface area contributed by atoms with Crippen molar-refractivity contribution in [2.45, 2.75) is 5.92 Å². The van der Waals surface area contributed by atoms with Gasteiger partial charge in [0.2, 0.25) is 0 Å². The molecule has 1 unspecified atom stereocenters. The largest absolute Gasteiger partial charge is 0.329 e. The van der Waals surface area contributed by atoms with E-state index in [0.717, 1.165) is 16.3 Å². The number of fused-ring (bicyclic) bond motifs is 1. The van der Waals surface area contributed by atoms with Crippen LogP contribution in [0.3, 0.4) is 0 Å². The molecule has 1 heterocycles. The smallest absolute Gasteiger partial charge is 0.172 e. The van der Waals surface area contributed by atoms with Gasteiger partial charge in [-0.05, 0) is 17.0 Å². The van der Waals surface area contributed by atoms with Crippen LogP contribution < -0.4 is 5.73 Å². The monoisotopic (exact) mass is 276 g/mol. The van der Waals surface area contributed by atoms with Crippen LogP contribution in [0.15, 0.2) is 67.0 Å². The number of Topliss-reactive ketones (excluding diaryl/α,β-unsaturated/α-hetero) is 1. The maximum atomic E-state index is 12.9. The third kappa shape index (κ3) is 2.56. The first-order chi connectivity index (χ1) is 10.3. The molecule has 2 N–H and O–H groups in total. The highest BCUT2D eigenvalue weighted by molar-refractivity contribution is 6.10. The molecule has 1 atom stereocenters. The number of rotatable bonds is 4. The number of carbonyl (C=O) groups excluding carboxylic acids is 1. The Morgan fingerprint density at radius 3 is 2.62 bits per heavy atom. The van der Waals surface area contributed by atoms with Crippen LogP contribution >= 0.6 is 0 Å². The molecular weight excluding hydrogens is 260 g/mol. The summed E-state index contributed by atoms with van der Waals surface area (Å²) in [6, 6.07) is 17.3. The zero-order valence-corrected chi connectivity index (χ0v) is 11.6. The zero-order chi connectivity index (χ0) is 14.7. The zero-order valence-electron chi connectivity index (χ0n) is 11.6. The van der Waals surface area contributed by atoms with Crippen LogP contribution in [0.1, 0.15) is 21.8 Å². The van der Waals surface area contributed by atoms with E-state index in [9.17, 15) is 4.79 Å². The molecule has 1 aromatic heterocycles. The van der Waals surface area contributed by atoms with Gasteiger partial charge in [0.25, 0.3) is 0 Å². The number of nitrogens with zero attached hydrogens (tertiary/aromatic N) is 1. The van der Waals surface area contributed by atoms with Gasteiger partial charge in [0.1, 0.15) is 0 Å². The molecule has 0 radical (unpaired) electrons. The molecule has 0 fully saturated rings. The SMILES string of the molecule is NCC(C(=O)c1cccc2ccncc12)c1ccccc1. The summed E-state index contributed by atoms with van der Waals surface area (Å²) in [7, 11) is 0. The van der Waals surface area contributed by atoms with Crippen LogP contribution in [0.5, 0.6) is 0 Å². The van der Waals surface area contributed by atoms with Gasteiger partial charge in [0.05, 0.1) is 5.92 Å². The second kappa shape index (κ2) is 5.85. The maximum absolute atomic E-state index is 12.9. The molecule has 0 spiro atoms. The lowest BCUT2D eigenvalue weighted by Gasteiger charge is -2.15. The summed E-state index contributed by atoms with van der Waals surface area (Å²) in [4.78, 5) is 17.0. The van der Waals surface area contributed by atoms with Crippen molar-refractivity contribution in [2.24, 2.45) is 5.73 Å². The number of hydrogen-bond acceptors (Lipinski definition) is 3. The Morgan fingerprint density at radius 2 is 1.86 bits per heavy atom. The Kier molecular flexibility index (Phi) is 3.75. The Balaban J connectivity index is 2.07. The highest BCUT2D eigenvalue weighted by Gasteiger charge is 2.21. The summed E-state index contributed by atoms with van der Waals surface area (Å²) in [5, 5.41) is 1.89. The van der Waals surface area contributed by atoms with Crippen molar-refractivity contribution >= 4 is 16.6 Å². The van der Waals surface area contributed by atoms with Crippen molar-refractivity contribution < 1.29 is 4.79 Å². The van der Waals surface area contributed by atoms with Gasteiger partial charge in [0.15, 0.2) is 5.78 Å². The summed E-state index contributed by atoms with van der Waals surface area (Å²) in [5.74, 6) is -0.278. The fraction of sp³-hybridized carbons (Fsp3) is 0.111. The molecule has 0 saturated carbocycles. The number of pyridine rings is 1. The van der Waals surface area contributed by atoms with Crippen LogP contribution in [0, 0.1) is 0 Å². The van der Waals surface area contributed by atoms with Crippen molar-refractivity contribution in [3.8, 4) is 0 Å². The minimum atomic E-state index is -0.322. The lowest BCUT2D eigenvalue weighted by atomic mass is 9.89. The van der Waals surface area contributed by atoms with Gasteiger partial charge in [0, 0.05) is 29.9 Å². The number of ketones is 1. The summed E-state index contributed by atoms with van der Waals surface area (Å²) in [6.45, 7) is 0.291. The van der Waals surface area contributed by atoms with Gasteiger partial charge < -0.3 is 5.73 Å². The van der Waals surface area contributed by atoms with Crippen LogP contribution in [0.2, 0.25) is 0 Å². The lowest BCUT2D eigenvalue weighted by molar-refractivity contribution is 0.0964. The fourth-order valence-corrected chi connectivity index (χ4v) is 2.60. The average Bonchev–Trinajstić information content (AvgIpc) is 2.56. The number of nitrogens with two attached hydrogens (primary N) is 1. The van der Waals surface area contributed by atoms with E-state index in [2.05, 4.69) is 4.98 Å². The topological polar surface area (TPSA) is 56.0 Å². The number of carbonyl (C=O) groups is 1. The molecular formula is C18H16N2O. The number of aromatic nitrogens is 1. The lowest BCUT2D eigenvalue weighted by Crippen LogP contribution is -2.22. The van der Waals surface area contributed by atoms with Gasteiger partial charge >= 0.3 is 0 Å². The van der Waals surface area contributed by atoms with E-state index in [4.69, 9.17) is 5.73 Å². The molecule has 0 amide bonds. The van der Waals surface area contributed by atoms with Crippen molar-refractivity contribution in [1.82, 2.24) is 4.98 Å². The first-order valence-electron chi connectivity index (χ1n) is 6.93. The standard InChI is InChI=1S/C18H16N2O/c19-11-16(13-5-2-1-3-6-13)18(21)15-8-4-7-14-9-10-20-12-17(14)15/h1-10,12,16H,11,19H2. The third-order valence-corrected chi connectivity index (χ3v) is 3.70. The van der Waals surface area contributed by atoms with E-state index in [1.807, 2.05) is 54.6 Å². The molecule has 3 aromatic rings. The van der Waals surface area contributed by atoms with Crippen molar-refractivity contribution in [3.63, 3.8) is 0 Å². The first kappa shape index (κ1) is 13.5. The number of benzene rings is 2. The van der Waals surface area contributed by atoms with Gasteiger partial charge in [-0.15, -0.1) is 0 Å². The van der Waals surface area contributed by atoms with E-state index in [1.165, 1.54) is 0 Å². The van der Waals surface area contributed by atoms with Crippen LogP contribution in [-0.4, -0.2) is 17.3 Å². The average molecular weight is 276 g/mol. The maximum Gasteiger partial charge on any atom is 0.172 e. The van der Waals surface area contributed by atoms with Crippen LogP contribution in [0.25, 0.3) is 10.8 Å². The van der Waals surface area contributed by atoms with E-state index in [0.29, 0.717) is 12.1 Å². The predicted molar refractivity (Wildman–Crippen MR) is 84.3 cm³/mol. The van der Waals surface area contributed by atoms with Gasteiger partial charge in [-0.25, -0.2) is 0 Å². The highest BCUT2D eigenvalue weighted by Crippen LogP contribution is 2.25. The van der Waals surface area contributed by atoms with Crippen molar-refractivity contribution in [3.05, 3.63) is 78.1 Å². The Labute approximate surface area is 123 Å². The van der Waals surface area contributed by atoms with Gasteiger partial charge in [-0.3, -0.25) is 9.78 Å². The fourth-order valence-electron chi connectivity index (χ4n) is 2.60. The van der Waals surface area contributed by atoms with Gasteiger partial charge in [-0.1, -0.05) is 48.5 Å². The molecule has 3 heteroatoms. The van der Waals surface area contributed by atoms with Gasteiger partial charge in [-0.2, -0.15) is 0 Å². The second-order valence-corrected chi connectivity index (χ2v) is 4.97. The Hall–Kier alpha value is -2.52. The molecule has 3 rings (SSSR count). The quantitative estimate of drug-likeness (QED) is 0.745. The van der Waals surface area contributed by atoms with E-state index in [1.54, 1.807) is 12.4 Å². The Morgan fingerprint density at radius 1 is 1.05 bits per heavy atom. The molecule has 2 aromatic carbocycles. The van der Waals surface area contributed by atoms with E-state index in [-0.39, 0.29) is 11.7 Å². The predicted octanol–water partition coefficient (Wildman–Crippen LogP) is 3.16. The summed E-state index contributed by atoms with van der Waals surface area (Å²) in [6.07, 6.45) is 3.47. The van der Waals surface area contributed by atoms with E-state index >= 15 is 0 Å².